The van der Waals surface area contributed by atoms with Crippen molar-refractivity contribution in [1.82, 2.24) is 0 Å². The molecule has 1 saturated carbocycles. The van der Waals surface area contributed by atoms with Crippen molar-refractivity contribution in [2.24, 2.45) is 0 Å². The van der Waals surface area contributed by atoms with Crippen molar-refractivity contribution >= 4 is 10.8 Å². The fourth-order valence-corrected chi connectivity index (χ4v) is 11.8. The molecule has 0 N–H and O–H groups in total. The monoisotopic (exact) mass is 995 g/mol. The molecule has 1 radical (unpaired) electrons. The van der Waals surface area contributed by atoms with Crippen molar-refractivity contribution in [3.63, 3.8) is 0 Å². The van der Waals surface area contributed by atoms with E-state index in [-0.39, 0.29) is 30.9 Å². The summed E-state index contributed by atoms with van der Waals surface area (Å²) in [5.74, 6) is 0.620. The average Bonchev–Trinajstić information content (AvgIpc) is 3.64. The van der Waals surface area contributed by atoms with Crippen LogP contribution in [0.1, 0.15) is 119 Å². The van der Waals surface area contributed by atoms with Crippen LogP contribution in [0.25, 0.3) is 66.4 Å². The Hall–Kier alpha value is -5.33. The Bertz CT molecular complexity index is 2880. The van der Waals surface area contributed by atoms with Gasteiger partial charge in [-0.3, -0.25) is 0 Å². The largest absolute Gasteiger partial charge is 0.225 e. The molecule has 317 valence electrons. The maximum atomic E-state index is 3.81. The molecule has 1 fully saturated rings. The molecule has 0 heterocycles. The number of hydrogen-bond acceptors (Lipinski definition) is 0. The molecule has 0 unspecified atom stereocenters. The van der Waals surface area contributed by atoms with Crippen LogP contribution in [-0.2, 0) is 30.9 Å². The molecule has 0 spiro atoms. The zero-order valence-electron chi connectivity index (χ0n) is 37.4. The predicted octanol–water partition coefficient (Wildman–Crippen LogP) is 17.3. The van der Waals surface area contributed by atoms with Crippen LogP contribution < -0.4 is 0 Å². The van der Waals surface area contributed by atoms with Gasteiger partial charge in [0.25, 0.3) is 0 Å². The predicted molar refractivity (Wildman–Crippen MR) is 264 cm³/mol. The third-order valence-electron chi connectivity index (χ3n) is 15.4. The van der Waals surface area contributed by atoms with Gasteiger partial charge in [0.2, 0.25) is 0 Å². The van der Waals surface area contributed by atoms with E-state index < -0.39 is 0 Å². The van der Waals surface area contributed by atoms with Crippen molar-refractivity contribution in [2.75, 3.05) is 0 Å². The van der Waals surface area contributed by atoms with Crippen molar-refractivity contribution in [2.45, 2.75) is 102 Å². The van der Waals surface area contributed by atoms with E-state index in [4.69, 9.17) is 0 Å². The van der Waals surface area contributed by atoms with Crippen LogP contribution >= 0.6 is 0 Å². The Labute approximate surface area is 390 Å². The van der Waals surface area contributed by atoms with Gasteiger partial charge in [0.1, 0.15) is 0 Å². The molecule has 10 rings (SSSR count). The molecule has 2 aliphatic rings. The summed E-state index contributed by atoms with van der Waals surface area (Å²) in [5.41, 5.74) is 19.5. The zero-order chi connectivity index (χ0) is 42.3. The van der Waals surface area contributed by atoms with E-state index in [1.165, 1.54) is 115 Å². The second-order valence-electron chi connectivity index (χ2n) is 18.1. The molecule has 0 saturated heterocycles. The van der Waals surface area contributed by atoms with Crippen LogP contribution in [0.15, 0.2) is 164 Å². The van der Waals surface area contributed by atoms with E-state index in [9.17, 15) is 0 Å². The van der Waals surface area contributed by atoms with Crippen molar-refractivity contribution in [3.8, 4) is 55.6 Å². The van der Waals surface area contributed by atoms with E-state index in [1.807, 2.05) is 0 Å². The standard InChI is InChI=1S/C62H58.Ir/c1-5-61(6-2,51-26-13-10-14-27-51)52-28-20-24-45(41-52)49-38-48(39-50(40-49)46-33-34-58-57-31-17-18-32-59(57)62(7-3,8-4)60(58)42-46)44-23-19-25-47(37-44)54-36-35-53(43-21-11-9-12-22-43)55-29-15-16-30-56(54)55;/h10,13-20,23-24,26-35,37-43H,5-9,11-12,21-22H2,1-4H3;/q-2;. The summed E-state index contributed by atoms with van der Waals surface area (Å²) in [5, 5.41) is 2.65. The minimum absolute atomic E-state index is 0. The molecule has 1 heteroatoms. The van der Waals surface area contributed by atoms with Gasteiger partial charge >= 0.3 is 0 Å². The van der Waals surface area contributed by atoms with E-state index in [0.717, 1.165) is 36.8 Å². The first-order chi connectivity index (χ1) is 30.5. The van der Waals surface area contributed by atoms with Crippen LogP contribution in [0.2, 0.25) is 0 Å². The summed E-state index contributed by atoms with van der Waals surface area (Å²) < 4.78 is 0. The van der Waals surface area contributed by atoms with Crippen LogP contribution in [0.3, 0.4) is 0 Å². The fraction of sp³-hybridized carbons (Fsp3) is 0.258. The molecule has 8 aromatic rings. The molecule has 63 heavy (non-hydrogen) atoms. The molecule has 0 bridgehead atoms. The average molecular weight is 995 g/mol. The normalized spacial score (nSPS) is 14.5. The van der Waals surface area contributed by atoms with Crippen LogP contribution in [0.4, 0.5) is 0 Å². The maximum absolute atomic E-state index is 3.81. The first-order valence-corrected chi connectivity index (χ1v) is 23.5. The third kappa shape index (κ3) is 7.46. The smallest absolute Gasteiger partial charge is 0.0210 e. The van der Waals surface area contributed by atoms with Gasteiger partial charge in [0.15, 0.2) is 0 Å². The Morgan fingerprint density at radius 3 is 1.84 bits per heavy atom. The molecular weight excluding hydrogens is 937 g/mol. The van der Waals surface area contributed by atoms with E-state index in [0.29, 0.717) is 5.92 Å². The number of hydrogen-bond donors (Lipinski definition) is 0. The molecule has 0 atom stereocenters. The summed E-state index contributed by atoms with van der Waals surface area (Å²) in [7, 11) is 0. The van der Waals surface area contributed by atoms with Gasteiger partial charge in [-0.05, 0) is 117 Å². The molecule has 8 aromatic carbocycles. The van der Waals surface area contributed by atoms with E-state index in [2.05, 4.69) is 204 Å². The van der Waals surface area contributed by atoms with Gasteiger partial charge in [-0.15, -0.1) is 34.0 Å². The Balaban J connectivity index is 0.00000504. The first-order valence-electron chi connectivity index (χ1n) is 23.5. The molecule has 0 aliphatic heterocycles. The molecular formula is C62H58Ir-2. The third-order valence-corrected chi connectivity index (χ3v) is 15.4. The van der Waals surface area contributed by atoms with E-state index >= 15 is 0 Å². The first kappa shape index (κ1) is 42.9. The van der Waals surface area contributed by atoms with Crippen molar-refractivity contribution in [1.29, 1.82) is 0 Å². The SMILES string of the molecule is CCC(CC)(c1ccccc1)c1cccc(-c2cc(-c3cc[c-]c(-c4[c-]cc(C5CCCCC5)c5ccccc45)c3)cc(-c3ccc4c(c3)C(CC)(CC)c3ccccc3-4)c2)c1.[Ir]. The van der Waals surface area contributed by atoms with Gasteiger partial charge in [0.05, 0.1) is 0 Å². The van der Waals surface area contributed by atoms with Gasteiger partial charge in [-0.25, -0.2) is 11.1 Å². The second kappa shape index (κ2) is 18.0. The zero-order valence-corrected chi connectivity index (χ0v) is 39.8. The van der Waals surface area contributed by atoms with Crippen LogP contribution in [0.5, 0.6) is 0 Å². The van der Waals surface area contributed by atoms with Crippen LogP contribution in [0, 0.1) is 12.1 Å². The summed E-state index contributed by atoms with van der Waals surface area (Å²) in [6.07, 6.45) is 10.8. The summed E-state index contributed by atoms with van der Waals surface area (Å²) in [4.78, 5) is 0. The topological polar surface area (TPSA) is 0 Å². The Morgan fingerprint density at radius 1 is 0.508 bits per heavy atom. The number of benzene rings is 8. The van der Waals surface area contributed by atoms with E-state index in [1.54, 1.807) is 0 Å². The van der Waals surface area contributed by atoms with Gasteiger partial charge < -0.3 is 0 Å². The number of fused-ring (bicyclic) bond motifs is 4. The summed E-state index contributed by atoms with van der Waals surface area (Å²) in [6.45, 7) is 9.41. The molecule has 0 amide bonds. The number of rotatable bonds is 11. The quantitative estimate of drug-likeness (QED) is 0.113. The van der Waals surface area contributed by atoms with Gasteiger partial charge in [-0.1, -0.05) is 169 Å². The maximum Gasteiger partial charge on any atom is 0.0210 e. The minimum atomic E-state index is -0.0632. The minimum Gasteiger partial charge on any atom is -0.225 e. The summed E-state index contributed by atoms with van der Waals surface area (Å²) >= 11 is 0. The molecule has 2 aliphatic carbocycles. The van der Waals surface area contributed by atoms with Gasteiger partial charge in [0, 0.05) is 30.9 Å². The van der Waals surface area contributed by atoms with Crippen molar-refractivity contribution in [3.05, 3.63) is 204 Å². The summed E-state index contributed by atoms with van der Waals surface area (Å²) in [6, 6.07) is 69.7. The Morgan fingerprint density at radius 2 is 1.13 bits per heavy atom. The molecule has 0 aromatic heterocycles. The van der Waals surface area contributed by atoms with Gasteiger partial charge in [-0.2, -0.15) is 30.3 Å². The fourth-order valence-electron chi connectivity index (χ4n) is 11.8. The molecule has 0 nitrogen and oxygen atoms in total. The second-order valence-corrected chi connectivity index (χ2v) is 18.1. The van der Waals surface area contributed by atoms with Crippen LogP contribution in [-0.4, -0.2) is 0 Å². The van der Waals surface area contributed by atoms with Crippen molar-refractivity contribution < 1.29 is 20.1 Å². The Kier molecular flexibility index (Phi) is 12.3.